The van der Waals surface area contributed by atoms with E-state index in [2.05, 4.69) is 4.98 Å². The number of nitrogens with zero attached hydrogens (tertiary/aromatic N) is 2. The molecule has 2 aromatic rings. The number of ether oxygens (including phenoxy) is 1. The Morgan fingerprint density at radius 1 is 1.47 bits per heavy atom. The number of benzene rings is 1. The summed E-state index contributed by atoms with van der Waals surface area (Å²) in [6.45, 7) is 3.60. The fourth-order valence-corrected chi connectivity index (χ4v) is 1.88. The molecule has 0 aliphatic heterocycles. The Kier molecular flexibility index (Phi) is 4.12. The van der Waals surface area contributed by atoms with Crippen LogP contribution >= 0.6 is 23.2 Å². The first kappa shape index (κ1) is 13.9. The molecule has 0 unspecified atom stereocenters. The molecular weight excluding hydrogens is 287 g/mol. The van der Waals surface area contributed by atoms with Crippen LogP contribution in [0.5, 0.6) is 0 Å². The summed E-state index contributed by atoms with van der Waals surface area (Å²) in [4.78, 5) is 16.0. The molecule has 1 aromatic carbocycles. The summed E-state index contributed by atoms with van der Waals surface area (Å²) < 4.78 is 6.75. The zero-order valence-corrected chi connectivity index (χ0v) is 11.9. The van der Waals surface area contributed by atoms with Crippen LogP contribution in [0.1, 0.15) is 24.2 Å². The minimum Gasteiger partial charge on any atom is -0.459 e. The normalized spacial score (nSPS) is 12.2. The van der Waals surface area contributed by atoms with Crippen molar-refractivity contribution in [1.29, 1.82) is 0 Å². The third kappa shape index (κ3) is 2.91. The van der Waals surface area contributed by atoms with Gasteiger partial charge in [0.25, 0.3) is 0 Å². The standard InChI is InChI=1S/C13H12Cl2N2O2/c1-8(2)19-13(18)9-3-4-11-10(5-9)16-7-17(11)12(15)6-14/h3-8H,1-2H3. The molecule has 1 heterocycles. The monoisotopic (exact) mass is 298 g/mol. The van der Waals surface area contributed by atoms with Gasteiger partial charge in [0.2, 0.25) is 0 Å². The fraction of sp³-hybridized carbons (Fsp3) is 0.231. The highest BCUT2D eigenvalue weighted by Crippen LogP contribution is 2.21. The van der Waals surface area contributed by atoms with Gasteiger partial charge in [-0.25, -0.2) is 9.78 Å². The van der Waals surface area contributed by atoms with Gasteiger partial charge in [0.15, 0.2) is 0 Å². The van der Waals surface area contributed by atoms with Crippen LogP contribution in [-0.2, 0) is 4.74 Å². The molecule has 0 spiro atoms. The average molecular weight is 299 g/mol. The van der Waals surface area contributed by atoms with Crippen LogP contribution in [0, 0.1) is 0 Å². The second kappa shape index (κ2) is 5.63. The van der Waals surface area contributed by atoms with Crippen molar-refractivity contribution in [2.24, 2.45) is 0 Å². The van der Waals surface area contributed by atoms with Crippen molar-refractivity contribution in [2.45, 2.75) is 20.0 Å². The minimum absolute atomic E-state index is 0.158. The molecule has 100 valence electrons. The van der Waals surface area contributed by atoms with E-state index >= 15 is 0 Å². The maximum Gasteiger partial charge on any atom is 0.338 e. The molecule has 2 rings (SSSR count). The van der Waals surface area contributed by atoms with Crippen molar-refractivity contribution >= 4 is 45.4 Å². The van der Waals surface area contributed by atoms with Gasteiger partial charge in [0, 0.05) is 5.54 Å². The van der Waals surface area contributed by atoms with Crippen molar-refractivity contribution in [3.8, 4) is 0 Å². The highest BCUT2D eigenvalue weighted by atomic mass is 35.5. The number of halogens is 2. The van der Waals surface area contributed by atoms with Gasteiger partial charge in [0.1, 0.15) is 11.5 Å². The van der Waals surface area contributed by atoms with Gasteiger partial charge >= 0.3 is 5.97 Å². The molecule has 6 heteroatoms. The summed E-state index contributed by atoms with van der Waals surface area (Å²) in [6.07, 6.45) is 1.39. The van der Waals surface area contributed by atoms with Crippen LogP contribution in [-0.4, -0.2) is 21.6 Å². The molecule has 0 atom stereocenters. The Morgan fingerprint density at radius 3 is 2.84 bits per heavy atom. The van der Waals surface area contributed by atoms with Gasteiger partial charge in [0.05, 0.1) is 22.7 Å². The molecule has 4 nitrogen and oxygen atoms in total. The molecule has 0 aliphatic carbocycles. The SMILES string of the molecule is CC(C)OC(=O)c1ccc2c(c1)ncn2C(Cl)=CCl. The maximum atomic E-state index is 11.8. The summed E-state index contributed by atoms with van der Waals surface area (Å²) in [7, 11) is 0. The van der Waals surface area contributed by atoms with E-state index in [1.54, 1.807) is 42.9 Å². The van der Waals surface area contributed by atoms with E-state index in [0.717, 1.165) is 5.52 Å². The van der Waals surface area contributed by atoms with Gasteiger partial charge in [-0.05, 0) is 32.0 Å². The zero-order chi connectivity index (χ0) is 14.0. The number of fused-ring (bicyclic) bond motifs is 1. The molecule has 0 fully saturated rings. The van der Waals surface area contributed by atoms with Crippen LogP contribution in [0.2, 0.25) is 0 Å². The molecule has 19 heavy (non-hydrogen) atoms. The molecule has 0 saturated carbocycles. The van der Waals surface area contributed by atoms with E-state index in [1.165, 1.54) is 5.54 Å². The third-order valence-corrected chi connectivity index (χ3v) is 3.06. The van der Waals surface area contributed by atoms with Gasteiger partial charge in [-0.2, -0.15) is 0 Å². The summed E-state index contributed by atoms with van der Waals surface area (Å²) in [5.74, 6) is -0.370. The van der Waals surface area contributed by atoms with Gasteiger partial charge in [-0.15, -0.1) is 0 Å². The third-order valence-electron chi connectivity index (χ3n) is 2.45. The number of carbonyl (C=O) groups is 1. The van der Waals surface area contributed by atoms with Gasteiger partial charge in [-0.3, -0.25) is 4.57 Å². The summed E-state index contributed by atoms with van der Waals surface area (Å²) in [5.41, 5.74) is 3.12. The lowest BCUT2D eigenvalue weighted by Crippen LogP contribution is -2.11. The first-order valence-corrected chi connectivity index (χ1v) is 6.48. The summed E-state index contributed by atoms with van der Waals surface area (Å²) in [6, 6.07) is 5.08. The Bertz CT molecular complexity index is 647. The predicted octanol–water partition coefficient (Wildman–Crippen LogP) is 3.84. The van der Waals surface area contributed by atoms with E-state index in [1.807, 2.05) is 0 Å². The van der Waals surface area contributed by atoms with Crippen LogP contribution in [0.15, 0.2) is 30.1 Å². The van der Waals surface area contributed by atoms with Crippen LogP contribution in [0.25, 0.3) is 16.2 Å². The first-order valence-electron chi connectivity index (χ1n) is 5.67. The van der Waals surface area contributed by atoms with Gasteiger partial charge in [-0.1, -0.05) is 23.2 Å². The summed E-state index contributed by atoms with van der Waals surface area (Å²) in [5, 5.41) is 0.335. The van der Waals surface area contributed by atoms with Crippen molar-refractivity contribution in [2.75, 3.05) is 0 Å². The van der Waals surface area contributed by atoms with Crippen molar-refractivity contribution in [3.63, 3.8) is 0 Å². The lowest BCUT2D eigenvalue weighted by Gasteiger charge is -2.07. The van der Waals surface area contributed by atoms with Crippen molar-refractivity contribution in [1.82, 2.24) is 9.55 Å². The van der Waals surface area contributed by atoms with E-state index in [0.29, 0.717) is 16.2 Å². The largest absolute Gasteiger partial charge is 0.459 e. The summed E-state index contributed by atoms with van der Waals surface area (Å²) >= 11 is 11.5. The fourth-order valence-electron chi connectivity index (χ4n) is 1.64. The first-order chi connectivity index (χ1) is 9.02. The Hall–Kier alpha value is -1.52. The number of imidazole rings is 1. The average Bonchev–Trinajstić information content (AvgIpc) is 2.79. The molecular formula is C13H12Cl2N2O2. The van der Waals surface area contributed by atoms with Crippen LogP contribution in [0.4, 0.5) is 0 Å². The molecule has 0 amide bonds. The number of aromatic nitrogens is 2. The number of carbonyl (C=O) groups excluding carboxylic acids is 1. The van der Waals surface area contributed by atoms with E-state index in [-0.39, 0.29) is 12.1 Å². The number of hydrogen-bond donors (Lipinski definition) is 0. The predicted molar refractivity (Wildman–Crippen MR) is 76.3 cm³/mol. The Balaban J connectivity index is 2.41. The highest BCUT2D eigenvalue weighted by molar-refractivity contribution is 6.50. The van der Waals surface area contributed by atoms with Crippen molar-refractivity contribution < 1.29 is 9.53 Å². The quantitative estimate of drug-likeness (QED) is 0.809. The second-order valence-electron chi connectivity index (χ2n) is 4.20. The van der Waals surface area contributed by atoms with Gasteiger partial charge < -0.3 is 4.74 Å². The van der Waals surface area contributed by atoms with Crippen LogP contribution < -0.4 is 0 Å². The molecule has 0 N–H and O–H groups in total. The van der Waals surface area contributed by atoms with Crippen molar-refractivity contribution in [3.05, 3.63) is 35.6 Å². The van der Waals surface area contributed by atoms with E-state index in [9.17, 15) is 4.79 Å². The minimum atomic E-state index is -0.370. The second-order valence-corrected chi connectivity index (χ2v) is 4.81. The molecule has 0 bridgehead atoms. The maximum absolute atomic E-state index is 11.8. The Morgan fingerprint density at radius 2 is 2.21 bits per heavy atom. The lowest BCUT2D eigenvalue weighted by molar-refractivity contribution is 0.0378. The highest BCUT2D eigenvalue weighted by Gasteiger charge is 2.12. The smallest absolute Gasteiger partial charge is 0.338 e. The zero-order valence-electron chi connectivity index (χ0n) is 10.4. The molecule has 0 aliphatic rings. The molecule has 1 aromatic heterocycles. The number of rotatable bonds is 3. The lowest BCUT2D eigenvalue weighted by atomic mass is 10.2. The van der Waals surface area contributed by atoms with E-state index in [4.69, 9.17) is 27.9 Å². The topological polar surface area (TPSA) is 44.1 Å². The van der Waals surface area contributed by atoms with Crippen LogP contribution in [0.3, 0.4) is 0 Å². The number of hydrogen-bond acceptors (Lipinski definition) is 3. The van der Waals surface area contributed by atoms with E-state index < -0.39 is 0 Å². The Labute approximate surface area is 120 Å². The number of esters is 1. The molecule has 0 saturated heterocycles. The molecule has 0 radical (unpaired) electrons.